The number of likely N-dealkylation sites (tertiary alicyclic amines) is 1. The molecule has 3 atom stereocenters. The lowest BCUT2D eigenvalue weighted by atomic mass is 9.79. The van der Waals surface area contributed by atoms with E-state index in [4.69, 9.17) is 4.74 Å². The van der Waals surface area contributed by atoms with E-state index < -0.39 is 12.1 Å². The lowest BCUT2D eigenvalue weighted by molar-refractivity contribution is -0.137. The van der Waals surface area contributed by atoms with Gasteiger partial charge in [0.25, 0.3) is 0 Å². The van der Waals surface area contributed by atoms with Gasteiger partial charge < -0.3 is 14.9 Å². The van der Waals surface area contributed by atoms with Gasteiger partial charge in [-0.15, -0.1) is 0 Å². The number of aromatic nitrogens is 2. The van der Waals surface area contributed by atoms with Gasteiger partial charge in [0.05, 0.1) is 25.3 Å². The topological polar surface area (TPSA) is 95.8 Å². The molecule has 0 aliphatic carbocycles. The van der Waals surface area contributed by atoms with E-state index in [1.165, 1.54) is 0 Å². The van der Waals surface area contributed by atoms with Gasteiger partial charge in [0.2, 0.25) is 0 Å². The number of ether oxygens (including phenoxy) is 1. The highest BCUT2D eigenvalue weighted by atomic mass is 16.5. The van der Waals surface area contributed by atoms with Crippen LogP contribution in [0.4, 0.5) is 0 Å². The number of aliphatic hydroxyl groups excluding tert-OH is 1. The number of carboxylic acid groups (broad SMARTS) is 1. The van der Waals surface area contributed by atoms with Crippen LogP contribution in [-0.2, 0) is 4.79 Å². The van der Waals surface area contributed by atoms with E-state index in [2.05, 4.69) is 26.7 Å². The molecule has 0 bridgehead atoms. The van der Waals surface area contributed by atoms with E-state index >= 15 is 0 Å². The van der Waals surface area contributed by atoms with Gasteiger partial charge in [-0.05, 0) is 86.0 Å². The van der Waals surface area contributed by atoms with Crippen LogP contribution in [0.5, 0.6) is 5.75 Å². The maximum absolute atomic E-state index is 11.3. The summed E-state index contributed by atoms with van der Waals surface area (Å²) in [6.45, 7) is 2.41. The monoisotopic (exact) mass is 487 g/mol. The molecule has 0 amide bonds. The molecule has 1 saturated heterocycles. The number of fused-ring (bicyclic) bond motifs is 1. The molecule has 3 aromatic rings. The van der Waals surface area contributed by atoms with Crippen LogP contribution in [-0.4, -0.2) is 57.8 Å². The first-order valence-corrected chi connectivity index (χ1v) is 12.5. The molecule has 2 N–H and O–H groups in total. The van der Waals surface area contributed by atoms with Crippen LogP contribution >= 0.6 is 0 Å². The van der Waals surface area contributed by atoms with Crippen LogP contribution in [0.15, 0.2) is 55.0 Å². The summed E-state index contributed by atoms with van der Waals surface area (Å²) in [5, 5.41) is 21.3. The van der Waals surface area contributed by atoms with Crippen LogP contribution in [0, 0.1) is 23.7 Å². The summed E-state index contributed by atoms with van der Waals surface area (Å²) in [6.07, 6.45) is 7.81. The minimum atomic E-state index is -0.763. The third kappa shape index (κ3) is 6.81. The van der Waals surface area contributed by atoms with E-state index in [1.807, 2.05) is 36.4 Å². The molecule has 1 aliphatic heterocycles. The van der Waals surface area contributed by atoms with Gasteiger partial charge in [-0.25, -0.2) is 0 Å². The molecule has 7 heteroatoms. The fraction of sp³-hybridized carbons (Fsp3) is 0.414. The summed E-state index contributed by atoms with van der Waals surface area (Å²) < 4.78 is 5.36. The van der Waals surface area contributed by atoms with Crippen molar-refractivity contribution in [3.05, 3.63) is 66.1 Å². The molecule has 36 heavy (non-hydrogen) atoms. The number of piperidine rings is 1. The predicted molar refractivity (Wildman–Crippen MR) is 139 cm³/mol. The number of pyridine rings is 2. The Labute approximate surface area is 212 Å². The molecule has 0 saturated carbocycles. The number of aliphatic carboxylic acids is 1. The molecule has 2 unspecified atom stereocenters. The van der Waals surface area contributed by atoms with E-state index in [9.17, 15) is 15.0 Å². The number of carboxylic acids is 1. The van der Waals surface area contributed by atoms with Crippen molar-refractivity contribution in [2.45, 2.75) is 38.2 Å². The smallest absolute Gasteiger partial charge is 0.303 e. The molecule has 3 heterocycles. The molecule has 0 radical (unpaired) electrons. The van der Waals surface area contributed by atoms with Crippen molar-refractivity contribution in [2.75, 3.05) is 26.7 Å². The summed E-state index contributed by atoms with van der Waals surface area (Å²) >= 11 is 0. The molecule has 188 valence electrons. The fourth-order valence-electron chi connectivity index (χ4n) is 5.10. The molecule has 7 nitrogen and oxygen atoms in total. The first-order chi connectivity index (χ1) is 17.5. The SMILES string of the molecule is COc1ccc2nccc([C@@H](O)CCC3CCN(CC#Cc4ccncc4)CC3CCC(=O)O)c2c1. The Morgan fingerprint density at radius 1 is 1.17 bits per heavy atom. The van der Waals surface area contributed by atoms with E-state index in [-0.39, 0.29) is 12.3 Å². The average Bonchev–Trinajstić information content (AvgIpc) is 2.91. The van der Waals surface area contributed by atoms with Crippen molar-refractivity contribution >= 4 is 16.9 Å². The molecule has 1 fully saturated rings. The first kappa shape index (κ1) is 25.6. The standard InChI is InChI=1S/C29H33N3O4/c1-36-24-6-7-27-26(19-24)25(12-16-31-27)28(33)8-4-22-13-18-32(20-23(22)5-9-29(34)35)17-2-3-21-10-14-30-15-11-21/h6-7,10-12,14-16,19,22-23,28,33H,4-5,8-9,13,17-18,20H2,1H3,(H,34,35)/t22?,23?,28-/m0/s1. The number of nitrogens with zero attached hydrogens (tertiary/aromatic N) is 3. The van der Waals surface area contributed by atoms with Gasteiger partial charge >= 0.3 is 5.97 Å². The Balaban J connectivity index is 1.39. The second-order valence-electron chi connectivity index (χ2n) is 9.39. The molecule has 2 aromatic heterocycles. The maximum atomic E-state index is 11.3. The number of methoxy groups -OCH3 is 1. The molecule has 1 aliphatic rings. The summed E-state index contributed by atoms with van der Waals surface area (Å²) in [5.41, 5.74) is 2.62. The number of carbonyl (C=O) groups is 1. The van der Waals surface area contributed by atoms with Gasteiger partial charge in [-0.1, -0.05) is 11.8 Å². The first-order valence-electron chi connectivity index (χ1n) is 12.5. The van der Waals surface area contributed by atoms with Crippen LogP contribution in [0.2, 0.25) is 0 Å². The highest BCUT2D eigenvalue weighted by molar-refractivity contribution is 5.83. The average molecular weight is 488 g/mol. The minimum Gasteiger partial charge on any atom is -0.497 e. The van der Waals surface area contributed by atoms with Gasteiger partial charge in [-0.3, -0.25) is 19.7 Å². The predicted octanol–water partition coefficient (Wildman–Crippen LogP) is 4.31. The molecule has 4 rings (SSSR count). The summed E-state index contributed by atoms with van der Waals surface area (Å²) in [4.78, 5) is 22.0. The fourth-order valence-corrected chi connectivity index (χ4v) is 5.10. The Morgan fingerprint density at radius 3 is 2.78 bits per heavy atom. The van der Waals surface area contributed by atoms with Crippen LogP contribution < -0.4 is 4.74 Å². The zero-order chi connectivity index (χ0) is 25.3. The largest absolute Gasteiger partial charge is 0.497 e. The van der Waals surface area contributed by atoms with Crippen molar-refractivity contribution < 1.29 is 19.7 Å². The van der Waals surface area contributed by atoms with Crippen molar-refractivity contribution in [3.8, 4) is 17.6 Å². The van der Waals surface area contributed by atoms with Crippen molar-refractivity contribution in [1.29, 1.82) is 0 Å². The Bertz CT molecular complexity index is 1220. The van der Waals surface area contributed by atoms with Crippen LogP contribution in [0.3, 0.4) is 0 Å². The normalized spacial score (nSPS) is 18.8. The Morgan fingerprint density at radius 2 is 2.00 bits per heavy atom. The summed E-state index contributed by atoms with van der Waals surface area (Å²) in [7, 11) is 1.63. The Hall–Kier alpha value is -3.47. The summed E-state index contributed by atoms with van der Waals surface area (Å²) in [6, 6.07) is 11.3. The zero-order valence-electron chi connectivity index (χ0n) is 20.6. The maximum Gasteiger partial charge on any atom is 0.303 e. The number of benzene rings is 1. The Kier molecular flexibility index (Phi) is 8.88. The third-order valence-corrected chi connectivity index (χ3v) is 7.07. The highest BCUT2D eigenvalue weighted by Crippen LogP contribution is 2.35. The van der Waals surface area contributed by atoms with Crippen molar-refractivity contribution in [3.63, 3.8) is 0 Å². The quantitative estimate of drug-likeness (QED) is 0.434. The number of hydrogen-bond acceptors (Lipinski definition) is 6. The van der Waals surface area contributed by atoms with Crippen LogP contribution in [0.1, 0.15) is 49.3 Å². The minimum absolute atomic E-state index is 0.162. The van der Waals surface area contributed by atoms with Gasteiger partial charge in [0.1, 0.15) is 5.75 Å². The van der Waals surface area contributed by atoms with E-state index in [0.717, 1.165) is 53.7 Å². The number of aliphatic hydroxyl groups is 1. The van der Waals surface area contributed by atoms with Crippen molar-refractivity contribution in [1.82, 2.24) is 14.9 Å². The number of rotatable bonds is 9. The van der Waals surface area contributed by atoms with Crippen molar-refractivity contribution in [2.24, 2.45) is 11.8 Å². The van der Waals surface area contributed by atoms with Gasteiger partial charge in [-0.2, -0.15) is 0 Å². The lowest BCUT2D eigenvalue weighted by Crippen LogP contribution is -2.41. The molecule has 0 spiro atoms. The van der Waals surface area contributed by atoms with E-state index in [1.54, 1.807) is 25.7 Å². The molecule has 1 aromatic carbocycles. The summed E-state index contributed by atoms with van der Waals surface area (Å²) in [5.74, 6) is 7.02. The second-order valence-corrected chi connectivity index (χ2v) is 9.39. The lowest BCUT2D eigenvalue weighted by Gasteiger charge is -2.38. The number of hydrogen-bond donors (Lipinski definition) is 2. The van der Waals surface area contributed by atoms with Gasteiger partial charge in [0, 0.05) is 42.5 Å². The van der Waals surface area contributed by atoms with Crippen LogP contribution in [0.25, 0.3) is 10.9 Å². The second kappa shape index (κ2) is 12.5. The van der Waals surface area contributed by atoms with Gasteiger partial charge in [0.15, 0.2) is 0 Å². The third-order valence-electron chi connectivity index (χ3n) is 7.07. The molecular weight excluding hydrogens is 454 g/mol. The zero-order valence-corrected chi connectivity index (χ0v) is 20.6. The van der Waals surface area contributed by atoms with E-state index in [0.29, 0.717) is 25.3 Å². The highest BCUT2D eigenvalue weighted by Gasteiger charge is 2.29. The molecular formula is C29H33N3O4.